The van der Waals surface area contributed by atoms with Gasteiger partial charge < -0.3 is 4.57 Å². The summed E-state index contributed by atoms with van der Waals surface area (Å²) in [6.45, 7) is 0.723. The molecule has 2 aromatic carbocycles. The Balaban J connectivity index is 1.76. The van der Waals surface area contributed by atoms with Crippen LogP contribution in [0.2, 0.25) is 0 Å². The number of fused-ring (bicyclic) bond motifs is 1. The van der Waals surface area contributed by atoms with Crippen molar-refractivity contribution >= 4 is 28.4 Å². The average Bonchev–Trinajstić information content (AvgIpc) is 3.00. The molecule has 4 rings (SSSR count). The van der Waals surface area contributed by atoms with Crippen LogP contribution >= 0.6 is 11.8 Å². The highest BCUT2D eigenvalue weighted by Crippen LogP contribution is 2.39. The summed E-state index contributed by atoms with van der Waals surface area (Å²) in [5, 5.41) is 12.4. The SMILES string of the molecule is O=[N+]([O-])c1ccccc1Sc1cn(Cc2ccncc2)c2ccccc12. The molecule has 5 nitrogen and oxygen atoms in total. The van der Waals surface area contributed by atoms with Gasteiger partial charge in [0.1, 0.15) is 0 Å². The van der Waals surface area contributed by atoms with Crippen LogP contribution in [0.3, 0.4) is 0 Å². The molecule has 0 bridgehead atoms. The number of para-hydroxylation sites is 2. The van der Waals surface area contributed by atoms with E-state index in [0.29, 0.717) is 4.90 Å². The van der Waals surface area contributed by atoms with Crippen LogP contribution in [0.1, 0.15) is 5.56 Å². The molecular weight excluding hydrogens is 346 g/mol. The number of rotatable bonds is 5. The standard InChI is InChI=1S/C20H15N3O2S/c24-23(25)18-7-3-4-8-19(18)26-20-14-22(13-15-9-11-21-12-10-15)17-6-2-1-5-16(17)20/h1-12,14H,13H2. The second-order valence-corrected chi connectivity index (χ2v) is 6.90. The lowest BCUT2D eigenvalue weighted by molar-refractivity contribution is -0.387. The highest BCUT2D eigenvalue weighted by atomic mass is 32.2. The summed E-state index contributed by atoms with van der Waals surface area (Å²) in [5.41, 5.74) is 2.39. The Morgan fingerprint density at radius 3 is 2.50 bits per heavy atom. The zero-order valence-corrected chi connectivity index (χ0v) is 14.6. The first kappa shape index (κ1) is 16.4. The second kappa shape index (κ2) is 7.01. The fourth-order valence-electron chi connectivity index (χ4n) is 2.92. The fraction of sp³-hybridized carbons (Fsp3) is 0.0500. The summed E-state index contributed by atoms with van der Waals surface area (Å²) in [6, 6.07) is 18.9. The predicted molar refractivity (Wildman–Crippen MR) is 102 cm³/mol. The van der Waals surface area contributed by atoms with E-state index in [4.69, 9.17) is 0 Å². The number of nitro benzene ring substituents is 1. The van der Waals surface area contributed by atoms with Crippen molar-refractivity contribution in [3.63, 3.8) is 0 Å². The minimum Gasteiger partial charge on any atom is -0.342 e. The monoisotopic (exact) mass is 361 g/mol. The van der Waals surface area contributed by atoms with E-state index in [1.807, 2.05) is 30.3 Å². The molecule has 0 aliphatic rings. The summed E-state index contributed by atoms with van der Waals surface area (Å²) >= 11 is 1.43. The van der Waals surface area contributed by atoms with Crippen LogP contribution in [0.4, 0.5) is 5.69 Å². The quantitative estimate of drug-likeness (QED) is 0.364. The number of hydrogen-bond donors (Lipinski definition) is 0. The van der Waals surface area contributed by atoms with Crippen molar-refractivity contribution in [2.75, 3.05) is 0 Å². The molecule has 0 fully saturated rings. The van der Waals surface area contributed by atoms with E-state index in [0.717, 1.165) is 27.9 Å². The first-order valence-electron chi connectivity index (χ1n) is 8.10. The minimum atomic E-state index is -0.335. The van der Waals surface area contributed by atoms with Crippen molar-refractivity contribution in [2.24, 2.45) is 0 Å². The van der Waals surface area contributed by atoms with E-state index in [1.54, 1.807) is 30.6 Å². The second-order valence-electron chi connectivity index (χ2n) is 5.82. The van der Waals surface area contributed by atoms with E-state index < -0.39 is 0 Å². The van der Waals surface area contributed by atoms with Gasteiger partial charge in [-0.25, -0.2) is 0 Å². The van der Waals surface area contributed by atoms with E-state index in [2.05, 4.69) is 27.9 Å². The van der Waals surface area contributed by atoms with Crippen molar-refractivity contribution in [2.45, 2.75) is 16.3 Å². The first-order valence-corrected chi connectivity index (χ1v) is 8.92. The molecule has 0 saturated heterocycles. The molecule has 0 atom stereocenters. The lowest BCUT2D eigenvalue weighted by atomic mass is 10.2. The Hall–Kier alpha value is -3.12. The Labute approximate surface area is 154 Å². The number of pyridine rings is 1. The third kappa shape index (κ3) is 3.19. The Morgan fingerprint density at radius 2 is 1.69 bits per heavy atom. The van der Waals surface area contributed by atoms with Crippen LogP contribution in [0, 0.1) is 10.1 Å². The normalized spacial score (nSPS) is 10.9. The van der Waals surface area contributed by atoms with E-state index in [-0.39, 0.29) is 10.6 Å². The molecule has 0 aliphatic carbocycles. The lowest BCUT2D eigenvalue weighted by Gasteiger charge is -2.04. The molecule has 0 unspecified atom stereocenters. The summed E-state index contributed by atoms with van der Waals surface area (Å²) < 4.78 is 2.17. The van der Waals surface area contributed by atoms with Crippen LogP contribution < -0.4 is 0 Å². The Kier molecular flexibility index (Phi) is 4.41. The minimum absolute atomic E-state index is 0.128. The third-order valence-electron chi connectivity index (χ3n) is 4.14. The molecular formula is C20H15N3O2S. The summed E-state index contributed by atoms with van der Waals surface area (Å²) in [7, 11) is 0. The molecule has 0 aliphatic heterocycles. The molecule has 128 valence electrons. The van der Waals surface area contributed by atoms with Gasteiger partial charge in [0.25, 0.3) is 5.69 Å². The van der Waals surface area contributed by atoms with Crippen molar-refractivity contribution in [1.82, 2.24) is 9.55 Å². The van der Waals surface area contributed by atoms with Gasteiger partial charge >= 0.3 is 0 Å². The number of hydrogen-bond acceptors (Lipinski definition) is 4. The zero-order valence-electron chi connectivity index (χ0n) is 13.8. The van der Waals surface area contributed by atoms with Gasteiger partial charge in [-0.05, 0) is 29.8 Å². The Morgan fingerprint density at radius 1 is 0.962 bits per heavy atom. The molecule has 0 radical (unpaired) electrons. The molecule has 2 aromatic heterocycles. The molecule has 0 N–H and O–H groups in total. The highest BCUT2D eigenvalue weighted by Gasteiger charge is 2.16. The van der Waals surface area contributed by atoms with Crippen LogP contribution in [-0.4, -0.2) is 14.5 Å². The maximum Gasteiger partial charge on any atom is 0.283 e. The van der Waals surface area contributed by atoms with Gasteiger partial charge in [0.05, 0.1) is 9.82 Å². The van der Waals surface area contributed by atoms with Gasteiger partial charge in [0.15, 0.2) is 0 Å². The lowest BCUT2D eigenvalue weighted by Crippen LogP contribution is -1.97. The van der Waals surface area contributed by atoms with Crippen LogP contribution in [0.5, 0.6) is 0 Å². The van der Waals surface area contributed by atoms with Gasteiger partial charge in [-0.15, -0.1) is 0 Å². The molecule has 4 aromatic rings. The van der Waals surface area contributed by atoms with Crippen LogP contribution in [0.15, 0.2) is 89.0 Å². The molecule has 6 heteroatoms. The molecule has 0 saturated carbocycles. The molecule has 0 amide bonds. The van der Waals surface area contributed by atoms with Crippen LogP contribution in [0.25, 0.3) is 10.9 Å². The highest BCUT2D eigenvalue weighted by molar-refractivity contribution is 7.99. The van der Waals surface area contributed by atoms with Gasteiger partial charge in [-0.2, -0.15) is 0 Å². The smallest absolute Gasteiger partial charge is 0.283 e. The van der Waals surface area contributed by atoms with E-state index in [1.165, 1.54) is 11.8 Å². The summed E-state index contributed by atoms with van der Waals surface area (Å²) in [4.78, 5) is 16.7. The third-order valence-corrected chi connectivity index (χ3v) is 5.25. The molecule has 2 heterocycles. The van der Waals surface area contributed by atoms with Gasteiger partial charge in [0, 0.05) is 47.0 Å². The van der Waals surface area contributed by atoms with Crippen LogP contribution in [-0.2, 0) is 6.54 Å². The largest absolute Gasteiger partial charge is 0.342 e. The van der Waals surface area contributed by atoms with Crippen molar-refractivity contribution in [3.05, 3.63) is 94.9 Å². The summed E-state index contributed by atoms with van der Waals surface area (Å²) in [6.07, 6.45) is 5.63. The average molecular weight is 361 g/mol. The van der Waals surface area contributed by atoms with Gasteiger partial charge in [0.2, 0.25) is 0 Å². The van der Waals surface area contributed by atoms with Gasteiger partial charge in [-0.1, -0.05) is 42.1 Å². The maximum atomic E-state index is 11.3. The first-order chi connectivity index (χ1) is 12.7. The van der Waals surface area contributed by atoms with Gasteiger partial charge in [-0.3, -0.25) is 15.1 Å². The summed E-state index contributed by atoms with van der Waals surface area (Å²) in [5.74, 6) is 0. The maximum absolute atomic E-state index is 11.3. The predicted octanol–water partition coefficient (Wildman–Crippen LogP) is 5.14. The topological polar surface area (TPSA) is 61.0 Å². The molecule has 26 heavy (non-hydrogen) atoms. The number of nitrogens with zero attached hydrogens (tertiary/aromatic N) is 3. The molecule has 0 spiro atoms. The van der Waals surface area contributed by atoms with E-state index >= 15 is 0 Å². The number of aromatic nitrogens is 2. The fourth-order valence-corrected chi connectivity index (χ4v) is 4.02. The van der Waals surface area contributed by atoms with Crippen molar-refractivity contribution in [3.8, 4) is 0 Å². The van der Waals surface area contributed by atoms with Crippen molar-refractivity contribution in [1.29, 1.82) is 0 Å². The zero-order chi connectivity index (χ0) is 17.9. The van der Waals surface area contributed by atoms with E-state index in [9.17, 15) is 10.1 Å². The van der Waals surface area contributed by atoms with Crippen molar-refractivity contribution < 1.29 is 4.92 Å². The number of benzene rings is 2. The number of nitro groups is 1. The Bertz CT molecular complexity index is 1080.